The van der Waals surface area contributed by atoms with Crippen LogP contribution >= 0.6 is 0 Å². The lowest BCUT2D eigenvalue weighted by atomic mass is 9.94. The Morgan fingerprint density at radius 2 is 2.19 bits per heavy atom. The second-order valence-corrected chi connectivity index (χ2v) is 5.86. The number of nitrogens with two attached hydrogens (primary N) is 1. The van der Waals surface area contributed by atoms with Crippen molar-refractivity contribution in [3.8, 4) is 0 Å². The maximum atomic E-state index is 13.7. The van der Waals surface area contributed by atoms with Crippen LogP contribution in [0.4, 0.5) is 8.78 Å². The van der Waals surface area contributed by atoms with E-state index < -0.39 is 17.7 Å². The van der Waals surface area contributed by atoms with Gasteiger partial charge in [0.1, 0.15) is 0 Å². The first-order valence-corrected chi connectivity index (χ1v) is 7.64. The molecule has 0 aliphatic carbocycles. The van der Waals surface area contributed by atoms with Crippen LogP contribution in [0.5, 0.6) is 0 Å². The minimum absolute atomic E-state index is 0.229. The van der Waals surface area contributed by atoms with E-state index in [0.29, 0.717) is 12.3 Å². The van der Waals surface area contributed by atoms with Gasteiger partial charge in [0.15, 0.2) is 11.6 Å². The Morgan fingerprint density at radius 1 is 1.38 bits per heavy atom. The third-order valence-electron chi connectivity index (χ3n) is 4.28. The molecule has 1 aromatic rings. The molecule has 0 bridgehead atoms. The minimum Gasteiger partial charge on any atom is -0.396 e. The Morgan fingerprint density at radius 3 is 2.95 bits per heavy atom. The zero-order valence-corrected chi connectivity index (χ0v) is 12.3. The maximum Gasteiger partial charge on any atom is 0.163 e. The monoisotopic (exact) mass is 298 g/mol. The van der Waals surface area contributed by atoms with Crippen molar-refractivity contribution in [2.45, 2.75) is 31.7 Å². The van der Waals surface area contributed by atoms with Gasteiger partial charge in [0.05, 0.1) is 0 Å². The molecule has 2 atom stereocenters. The molecule has 1 aliphatic heterocycles. The van der Waals surface area contributed by atoms with E-state index in [-0.39, 0.29) is 12.2 Å². The molecule has 0 radical (unpaired) electrons. The molecule has 2 rings (SSSR count). The van der Waals surface area contributed by atoms with Crippen LogP contribution in [0, 0.1) is 17.6 Å². The second kappa shape index (κ2) is 7.82. The van der Waals surface area contributed by atoms with Crippen LogP contribution in [-0.4, -0.2) is 36.2 Å². The number of hydrogen-bond acceptors (Lipinski definition) is 3. The number of nitrogens with zero attached hydrogens (tertiary/aromatic N) is 1. The summed E-state index contributed by atoms with van der Waals surface area (Å²) in [4.78, 5) is 2.31. The topological polar surface area (TPSA) is 49.5 Å². The number of benzene rings is 1. The van der Waals surface area contributed by atoms with E-state index in [1.807, 2.05) is 0 Å². The van der Waals surface area contributed by atoms with Crippen molar-refractivity contribution in [3.05, 3.63) is 35.4 Å². The predicted octanol–water partition coefficient (Wildman–Crippen LogP) is 2.45. The van der Waals surface area contributed by atoms with Gasteiger partial charge in [0.25, 0.3) is 0 Å². The molecule has 0 saturated carbocycles. The summed E-state index contributed by atoms with van der Waals surface area (Å²) in [5.41, 5.74) is 6.25. The Bertz CT molecular complexity index is 454. The van der Waals surface area contributed by atoms with E-state index in [9.17, 15) is 8.78 Å². The molecule has 1 fully saturated rings. The summed E-state index contributed by atoms with van der Waals surface area (Å²) in [6, 6.07) is 3.66. The van der Waals surface area contributed by atoms with Crippen molar-refractivity contribution in [2.24, 2.45) is 11.7 Å². The van der Waals surface area contributed by atoms with Gasteiger partial charge in [-0.2, -0.15) is 0 Å². The van der Waals surface area contributed by atoms with Crippen LogP contribution in [0.15, 0.2) is 18.2 Å². The molecule has 3 N–H and O–H groups in total. The zero-order valence-electron chi connectivity index (χ0n) is 12.3. The van der Waals surface area contributed by atoms with Gasteiger partial charge in [0.2, 0.25) is 0 Å². The van der Waals surface area contributed by atoms with Gasteiger partial charge in [0, 0.05) is 24.8 Å². The molecule has 3 nitrogen and oxygen atoms in total. The van der Waals surface area contributed by atoms with Gasteiger partial charge in [-0.3, -0.25) is 0 Å². The smallest absolute Gasteiger partial charge is 0.163 e. The van der Waals surface area contributed by atoms with Crippen LogP contribution in [0.3, 0.4) is 0 Å². The number of likely N-dealkylation sites (tertiary alicyclic amines) is 1. The van der Waals surface area contributed by atoms with Crippen LogP contribution in [-0.2, 0) is 0 Å². The fourth-order valence-corrected chi connectivity index (χ4v) is 3.06. The highest BCUT2D eigenvalue weighted by molar-refractivity contribution is 5.22. The molecule has 118 valence electrons. The van der Waals surface area contributed by atoms with Gasteiger partial charge in [-0.15, -0.1) is 0 Å². The van der Waals surface area contributed by atoms with E-state index in [1.54, 1.807) is 6.07 Å². The summed E-state index contributed by atoms with van der Waals surface area (Å²) in [5, 5.41) is 9.01. The van der Waals surface area contributed by atoms with Crippen LogP contribution in [0.25, 0.3) is 0 Å². The molecular weight excluding hydrogens is 274 g/mol. The highest BCUT2D eigenvalue weighted by Crippen LogP contribution is 2.23. The third kappa shape index (κ3) is 4.46. The largest absolute Gasteiger partial charge is 0.396 e. The average Bonchev–Trinajstić information content (AvgIpc) is 2.48. The number of piperidine rings is 1. The van der Waals surface area contributed by atoms with Crippen molar-refractivity contribution in [2.75, 3.05) is 26.2 Å². The molecule has 5 heteroatoms. The molecule has 0 amide bonds. The summed E-state index contributed by atoms with van der Waals surface area (Å²) in [6.07, 6.45) is 3.71. The first kappa shape index (κ1) is 16.3. The van der Waals surface area contributed by atoms with Gasteiger partial charge in [-0.05, 0) is 50.8 Å². The predicted molar refractivity (Wildman–Crippen MR) is 78.8 cm³/mol. The SMILES string of the molecule is NC(CCN1CCCC(CCO)C1)c1cccc(F)c1F. The van der Waals surface area contributed by atoms with Crippen molar-refractivity contribution in [1.82, 2.24) is 4.90 Å². The third-order valence-corrected chi connectivity index (χ3v) is 4.28. The van der Waals surface area contributed by atoms with Crippen LogP contribution < -0.4 is 5.73 Å². The fraction of sp³-hybridized carbons (Fsp3) is 0.625. The summed E-state index contributed by atoms with van der Waals surface area (Å²) in [6.45, 7) is 2.98. The molecule has 1 aliphatic rings. The number of halogens is 2. The van der Waals surface area contributed by atoms with Gasteiger partial charge < -0.3 is 15.7 Å². The molecule has 1 aromatic carbocycles. The quantitative estimate of drug-likeness (QED) is 0.848. The first-order chi connectivity index (χ1) is 10.1. The van der Waals surface area contributed by atoms with Crippen molar-refractivity contribution in [3.63, 3.8) is 0 Å². The Balaban J connectivity index is 1.86. The highest BCUT2D eigenvalue weighted by Gasteiger charge is 2.21. The fourth-order valence-electron chi connectivity index (χ4n) is 3.06. The average molecular weight is 298 g/mol. The van der Waals surface area contributed by atoms with E-state index in [0.717, 1.165) is 45.0 Å². The number of aliphatic hydroxyl groups excluding tert-OH is 1. The first-order valence-electron chi connectivity index (χ1n) is 7.64. The molecular formula is C16H24F2N2O. The van der Waals surface area contributed by atoms with E-state index in [4.69, 9.17) is 10.8 Å². The molecule has 1 heterocycles. The summed E-state index contributed by atoms with van der Waals surface area (Å²) in [5.74, 6) is -1.14. The lowest BCUT2D eigenvalue weighted by Gasteiger charge is -2.33. The van der Waals surface area contributed by atoms with Crippen LogP contribution in [0.1, 0.15) is 37.3 Å². The molecule has 1 saturated heterocycles. The van der Waals surface area contributed by atoms with Crippen molar-refractivity contribution < 1.29 is 13.9 Å². The lowest BCUT2D eigenvalue weighted by molar-refractivity contribution is 0.144. The van der Waals surface area contributed by atoms with Crippen LogP contribution in [0.2, 0.25) is 0 Å². The zero-order chi connectivity index (χ0) is 15.2. The minimum atomic E-state index is -0.844. The number of rotatable bonds is 6. The summed E-state index contributed by atoms with van der Waals surface area (Å²) < 4.78 is 26.9. The second-order valence-electron chi connectivity index (χ2n) is 5.86. The maximum absolute atomic E-state index is 13.7. The molecule has 21 heavy (non-hydrogen) atoms. The lowest BCUT2D eigenvalue weighted by Crippen LogP contribution is -2.37. The Labute approximate surface area is 124 Å². The Hall–Kier alpha value is -1.04. The van der Waals surface area contributed by atoms with Crippen molar-refractivity contribution in [1.29, 1.82) is 0 Å². The standard InChI is InChI=1S/C16H24F2N2O/c17-14-5-1-4-13(16(14)18)15(19)6-9-20-8-2-3-12(11-20)7-10-21/h1,4-5,12,15,21H,2-3,6-11,19H2. The number of aliphatic hydroxyl groups is 1. The summed E-state index contributed by atoms with van der Waals surface area (Å²) >= 11 is 0. The van der Waals surface area contributed by atoms with Gasteiger partial charge in [-0.1, -0.05) is 12.1 Å². The Kier molecular flexibility index (Phi) is 6.08. The summed E-state index contributed by atoms with van der Waals surface area (Å²) in [7, 11) is 0. The molecule has 2 unspecified atom stereocenters. The van der Waals surface area contributed by atoms with E-state index in [2.05, 4.69) is 4.90 Å². The molecule has 0 spiro atoms. The van der Waals surface area contributed by atoms with Gasteiger partial charge >= 0.3 is 0 Å². The number of hydrogen-bond donors (Lipinski definition) is 2. The van der Waals surface area contributed by atoms with Gasteiger partial charge in [-0.25, -0.2) is 8.78 Å². The van der Waals surface area contributed by atoms with E-state index >= 15 is 0 Å². The molecule has 0 aromatic heterocycles. The van der Waals surface area contributed by atoms with Crippen molar-refractivity contribution >= 4 is 0 Å². The normalized spacial score (nSPS) is 21.4. The highest BCUT2D eigenvalue weighted by atomic mass is 19.2. The van der Waals surface area contributed by atoms with E-state index in [1.165, 1.54) is 6.07 Å².